The average molecular weight is 632 g/mol. The smallest absolute Gasteiger partial charge is 0.335 e. The summed E-state index contributed by atoms with van der Waals surface area (Å²) >= 11 is 0. The molecular weight excluding hydrogens is 578 g/mol. The first-order chi connectivity index (χ1) is 21.8. The van der Waals surface area contributed by atoms with Crippen molar-refractivity contribution in [1.29, 1.82) is 0 Å². The lowest BCUT2D eigenvalue weighted by atomic mass is 9.34. The minimum atomic E-state index is -0.898. The van der Waals surface area contributed by atoms with Gasteiger partial charge in [0.25, 0.3) is 0 Å². The molecule has 1 aliphatic heterocycles. The Morgan fingerprint density at radius 2 is 1.65 bits per heavy atom. The molecule has 0 radical (unpaired) electrons. The zero-order valence-corrected chi connectivity index (χ0v) is 28.1. The van der Waals surface area contributed by atoms with Gasteiger partial charge in [0.2, 0.25) is 0 Å². The monoisotopic (exact) mass is 631 g/mol. The molecule has 1 heterocycles. The van der Waals surface area contributed by atoms with Crippen molar-refractivity contribution >= 4 is 23.5 Å². The number of fused-ring (bicyclic) bond motifs is 7. The molecule has 10 atom stereocenters. The molecule has 2 amide bonds. The van der Waals surface area contributed by atoms with Crippen molar-refractivity contribution in [3.05, 3.63) is 41.5 Å². The highest BCUT2D eigenvalue weighted by Gasteiger charge is 2.68. The maximum Gasteiger partial charge on any atom is 0.335 e. The zero-order valence-electron chi connectivity index (χ0n) is 28.1. The molecule has 8 nitrogen and oxygen atoms in total. The van der Waals surface area contributed by atoms with Crippen LogP contribution in [0, 0.1) is 45.8 Å². The third-order valence-electron chi connectivity index (χ3n) is 15.1. The first kappa shape index (κ1) is 31.7. The number of carbonyl (C=O) groups excluding carboxylic acids is 1. The van der Waals surface area contributed by atoms with Crippen molar-refractivity contribution < 1.29 is 24.6 Å². The van der Waals surface area contributed by atoms with E-state index in [4.69, 9.17) is 0 Å². The van der Waals surface area contributed by atoms with Crippen LogP contribution >= 0.6 is 0 Å². The molecule has 5 aliphatic carbocycles. The summed E-state index contributed by atoms with van der Waals surface area (Å²) in [4.78, 5) is 38.5. The lowest BCUT2D eigenvalue weighted by Gasteiger charge is -2.71. The summed E-state index contributed by atoms with van der Waals surface area (Å²) in [5, 5.41) is 25.5. The minimum absolute atomic E-state index is 0.0763. The Morgan fingerprint density at radius 3 is 2.37 bits per heavy atom. The molecule has 7 rings (SSSR count). The highest BCUT2D eigenvalue weighted by atomic mass is 16.4. The van der Waals surface area contributed by atoms with E-state index in [1.54, 1.807) is 17.0 Å². The van der Waals surface area contributed by atoms with Crippen molar-refractivity contribution in [3.63, 3.8) is 0 Å². The van der Waals surface area contributed by atoms with Crippen LogP contribution in [0.1, 0.15) is 108 Å². The van der Waals surface area contributed by atoms with Gasteiger partial charge in [0.15, 0.2) is 0 Å². The predicted octanol–water partition coefficient (Wildman–Crippen LogP) is 6.66. The predicted molar refractivity (Wildman–Crippen MR) is 177 cm³/mol. The number of urea groups is 1. The van der Waals surface area contributed by atoms with Gasteiger partial charge in [-0.2, -0.15) is 0 Å². The lowest BCUT2D eigenvalue weighted by molar-refractivity contribution is -0.210. The van der Waals surface area contributed by atoms with Crippen LogP contribution in [0.5, 0.6) is 0 Å². The first-order valence-corrected chi connectivity index (χ1v) is 17.9. The summed E-state index contributed by atoms with van der Waals surface area (Å²) in [6.45, 7) is 11.5. The molecule has 5 fully saturated rings. The molecule has 4 N–H and O–H groups in total. The van der Waals surface area contributed by atoms with Gasteiger partial charge in [-0.05, 0) is 127 Å². The molecule has 0 aromatic heterocycles. The quantitative estimate of drug-likeness (QED) is 0.295. The van der Waals surface area contributed by atoms with Crippen molar-refractivity contribution in [2.75, 3.05) is 19.6 Å². The number of hydrogen-bond acceptors (Lipinski definition) is 4. The van der Waals surface area contributed by atoms with Gasteiger partial charge in [-0.25, -0.2) is 9.59 Å². The highest BCUT2D eigenvalue weighted by molar-refractivity contribution is 5.88. The Labute approximate surface area is 273 Å². The van der Waals surface area contributed by atoms with Crippen LogP contribution in [-0.2, 0) is 4.79 Å². The van der Waals surface area contributed by atoms with Crippen LogP contribution in [0.3, 0.4) is 0 Å². The maximum atomic E-state index is 13.7. The molecule has 46 heavy (non-hydrogen) atoms. The molecule has 1 saturated heterocycles. The molecule has 250 valence electrons. The summed E-state index contributed by atoms with van der Waals surface area (Å²) in [7, 11) is 0. The van der Waals surface area contributed by atoms with E-state index in [0.29, 0.717) is 48.2 Å². The van der Waals surface area contributed by atoms with Gasteiger partial charge < -0.3 is 25.7 Å². The maximum absolute atomic E-state index is 13.7. The number of aromatic carboxylic acids is 1. The number of nitrogens with one attached hydrogen (secondary N) is 2. The fourth-order valence-corrected chi connectivity index (χ4v) is 12.6. The fourth-order valence-electron chi connectivity index (χ4n) is 12.6. The van der Waals surface area contributed by atoms with Crippen LogP contribution in [0.2, 0.25) is 0 Å². The van der Waals surface area contributed by atoms with Gasteiger partial charge >= 0.3 is 18.0 Å². The molecule has 0 spiro atoms. The van der Waals surface area contributed by atoms with Crippen molar-refractivity contribution in [2.45, 2.75) is 103 Å². The van der Waals surface area contributed by atoms with Gasteiger partial charge in [0.05, 0.1) is 5.56 Å². The van der Waals surface area contributed by atoms with Crippen LogP contribution < -0.4 is 10.6 Å². The summed E-state index contributed by atoms with van der Waals surface area (Å²) in [5.41, 5.74) is 3.39. The fraction of sp³-hybridized carbons (Fsp3) is 0.711. The van der Waals surface area contributed by atoms with Crippen molar-refractivity contribution in [3.8, 4) is 0 Å². The van der Waals surface area contributed by atoms with Gasteiger partial charge in [-0.15, -0.1) is 0 Å². The van der Waals surface area contributed by atoms with E-state index in [1.807, 2.05) is 12.1 Å². The Hall–Kier alpha value is -2.87. The SMILES string of the molecule is CC1C(c2ccc(C(=O)O)cc2)=CCC2(C)C1CCC1(C)C2CCC2C3CCCC3(NC(=O)N3CCNC(C(=O)O)C3)CC[C@]21C. The van der Waals surface area contributed by atoms with Crippen LogP contribution in [0.15, 0.2) is 30.3 Å². The van der Waals surface area contributed by atoms with Crippen LogP contribution in [0.4, 0.5) is 4.79 Å². The second kappa shape index (κ2) is 11.1. The lowest BCUT2D eigenvalue weighted by Crippen LogP contribution is -2.68. The number of piperazine rings is 1. The van der Waals surface area contributed by atoms with Crippen LogP contribution in [0.25, 0.3) is 5.57 Å². The molecule has 9 unspecified atom stereocenters. The Kier molecular flexibility index (Phi) is 7.65. The molecule has 1 aromatic rings. The third kappa shape index (κ3) is 4.59. The first-order valence-electron chi connectivity index (χ1n) is 17.9. The number of carboxylic acids is 2. The number of allylic oxidation sites excluding steroid dienone is 2. The Morgan fingerprint density at radius 1 is 0.891 bits per heavy atom. The van der Waals surface area contributed by atoms with E-state index in [2.05, 4.69) is 44.4 Å². The molecule has 1 aromatic carbocycles. The molecular formula is C38H53N3O5. The topological polar surface area (TPSA) is 119 Å². The number of rotatable bonds is 4. The summed E-state index contributed by atoms with van der Waals surface area (Å²) < 4.78 is 0. The molecule has 8 heteroatoms. The molecule has 4 saturated carbocycles. The average Bonchev–Trinajstić information content (AvgIpc) is 3.45. The number of benzene rings is 1. The van der Waals surface area contributed by atoms with E-state index >= 15 is 0 Å². The zero-order chi connectivity index (χ0) is 32.6. The summed E-state index contributed by atoms with van der Waals surface area (Å²) in [6, 6.07) is 6.69. The second-order valence-electron chi connectivity index (χ2n) is 16.6. The second-order valence-corrected chi connectivity index (χ2v) is 16.6. The van der Waals surface area contributed by atoms with Gasteiger partial charge in [0, 0.05) is 25.2 Å². The van der Waals surface area contributed by atoms with E-state index in [-0.39, 0.29) is 34.4 Å². The Bertz CT molecular complexity index is 1440. The van der Waals surface area contributed by atoms with Gasteiger partial charge in [-0.1, -0.05) is 52.3 Å². The number of nitrogens with zero attached hydrogens (tertiary/aromatic N) is 1. The minimum Gasteiger partial charge on any atom is -0.480 e. The van der Waals surface area contributed by atoms with E-state index in [0.717, 1.165) is 37.7 Å². The summed E-state index contributed by atoms with van der Waals surface area (Å²) in [5.74, 6) is 0.957. The number of carboxylic acid groups (broad SMARTS) is 2. The largest absolute Gasteiger partial charge is 0.480 e. The van der Waals surface area contributed by atoms with E-state index in [9.17, 15) is 24.6 Å². The number of hydrogen-bond donors (Lipinski definition) is 4. The highest BCUT2D eigenvalue weighted by Crippen LogP contribution is 2.75. The number of aliphatic carboxylic acids is 1. The standard InChI is InChI=1S/C38H53N3O5/c1-23-26(24-7-9-25(10-8-24)32(42)43)13-16-35(2)27(23)14-17-37(4)31(35)12-11-28-29-6-5-15-38(29,19-18-36(28,37)3)40-34(46)41-21-20-39-30(22-41)33(44)45/h7-10,13,23,27-31,39H,5-6,11-12,14-22H2,1-4H3,(H,40,46)(H,42,43)(H,44,45)/t23?,27?,28?,29?,30?,31?,35?,36-,37?,38?/m1/s1. The van der Waals surface area contributed by atoms with Crippen molar-refractivity contribution in [1.82, 2.24) is 15.5 Å². The van der Waals surface area contributed by atoms with Crippen molar-refractivity contribution in [2.24, 2.45) is 45.8 Å². The third-order valence-corrected chi connectivity index (χ3v) is 15.1. The van der Waals surface area contributed by atoms with Gasteiger partial charge in [-0.3, -0.25) is 4.79 Å². The number of carbonyl (C=O) groups is 3. The van der Waals surface area contributed by atoms with Crippen LogP contribution in [-0.4, -0.2) is 64.3 Å². The Balaban J connectivity index is 1.12. The van der Waals surface area contributed by atoms with E-state index < -0.39 is 18.0 Å². The molecule has 6 aliphatic rings. The molecule has 0 bridgehead atoms. The van der Waals surface area contributed by atoms with E-state index in [1.165, 1.54) is 37.7 Å². The van der Waals surface area contributed by atoms with Gasteiger partial charge in [0.1, 0.15) is 6.04 Å². The number of amides is 2. The normalized spacial score (nSPS) is 43.3. The summed E-state index contributed by atoms with van der Waals surface area (Å²) in [6.07, 6.45) is 14.0.